The molecule has 4 aliphatic rings. The van der Waals surface area contributed by atoms with Gasteiger partial charge in [-0.3, -0.25) is 0 Å². The zero-order valence-electron chi connectivity index (χ0n) is 20.8. The van der Waals surface area contributed by atoms with Crippen LogP contribution >= 0.6 is 0 Å². The summed E-state index contributed by atoms with van der Waals surface area (Å²) in [5, 5.41) is 32.9. The van der Waals surface area contributed by atoms with E-state index in [4.69, 9.17) is 0 Å². The van der Waals surface area contributed by atoms with Crippen molar-refractivity contribution < 1.29 is 15.3 Å². The predicted molar refractivity (Wildman–Crippen MR) is 126 cm³/mol. The molecule has 0 spiro atoms. The minimum absolute atomic E-state index is 0.128. The van der Waals surface area contributed by atoms with Gasteiger partial charge in [-0.2, -0.15) is 0 Å². The van der Waals surface area contributed by atoms with Crippen LogP contribution in [0.3, 0.4) is 0 Å². The van der Waals surface area contributed by atoms with E-state index in [2.05, 4.69) is 47.6 Å². The van der Waals surface area contributed by atoms with Crippen molar-refractivity contribution in [2.75, 3.05) is 0 Å². The Bertz CT molecular complexity index is 686. The van der Waals surface area contributed by atoms with Gasteiger partial charge < -0.3 is 15.3 Å². The molecule has 3 fully saturated rings. The highest BCUT2D eigenvalue weighted by atomic mass is 16.3. The number of hydrogen-bond acceptors (Lipinski definition) is 3. The van der Waals surface area contributed by atoms with E-state index in [1.165, 1.54) is 31.3 Å². The maximum atomic E-state index is 11.6. The number of hydrogen-bond donors (Lipinski definition) is 3. The molecular formula is C28H48O3. The molecule has 0 bridgehead atoms. The lowest BCUT2D eigenvalue weighted by molar-refractivity contribution is -0.159. The summed E-state index contributed by atoms with van der Waals surface area (Å²) < 4.78 is 0. The Morgan fingerprint density at radius 3 is 2.42 bits per heavy atom. The molecule has 0 aliphatic heterocycles. The molecule has 0 radical (unpaired) electrons. The molecular weight excluding hydrogens is 384 g/mol. The van der Waals surface area contributed by atoms with Crippen LogP contribution in [0.25, 0.3) is 0 Å². The van der Waals surface area contributed by atoms with Gasteiger partial charge in [0.15, 0.2) is 0 Å². The molecule has 3 heteroatoms. The quantitative estimate of drug-likeness (QED) is 0.497. The average Bonchev–Trinajstić information content (AvgIpc) is 3.03. The van der Waals surface area contributed by atoms with Crippen molar-refractivity contribution in [3.05, 3.63) is 11.6 Å². The molecule has 31 heavy (non-hydrogen) atoms. The van der Waals surface area contributed by atoms with Crippen molar-refractivity contribution in [1.29, 1.82) is 0 Å². The van der Waals surface area contributed by atoms with E-state index in [0.717, 1.165) is 24.7 Å². The van der Waals surface area contributed by atoms with Gasteiger partial charge in [0.1, 0.15) is 0 Å². The highest BCUT2D eigenvalue weighted by Crippen LogP contribution is 2.67. The van der Waals surface area contributed by atoms with Crippen molar-refractivity contribution in [3.8, 4) is 0 Å². The smallest absolute Gasteiger partial charge is 0.0659 e. The molecule has 3 N–H and O–H groups in total. The normalized spacial score (nSPS) is 49.1. The third-order valence-electron chi connectivity index (χ3n) is 11.1. The maximum absolute atomic E-state index is 11.6. The Morgan fingerprint density at radius 2 is 1.74 bits per heavy atom. The summed E-state index contributed by atoms with van der Waals surface area (Å²) in [4.78, 5) is 0. The van der Waals surface area contributed by atoms with Crippen LogP contribution in [0.5, 0.6) is 0 Å². The molecule has 4 aliphatic carbocycles. The lowest BCUT2D eigenvalue weighted by atomic mass is 9.45. The summed E-state index contributed by atoms with van der Waals surface area (Å²) in [5.74, 6) is 4.16. The van der Waals surface area contributed by atoms with Gasteiger partial charge in [0.2, 0.25) is 0 Å². The number of fused-ring (bicyclic) bond motifs is 5. The Hall–Kier alpha value is -0.380. The lowest BCUT2D eigenvalue weighted by Crippen LogP contribution is -2.60. The van der Waals surface area contributed by atoms with Crippen molar-refractivity contribution >= 4 is 0 Å². The SMILES string of the molecule is CC(C)C(C)CC[C@@H](C)[C@H]1CCC2C3CC=C4C[C@@H](O)C[C@H](O)[C@]4(C)C3[C@H](O)C[C@@]21C. The van der Waals surface area contributed by atoms with Crippen LogP contribution in [0.15, 0.2) is 11.6 Å². The van der Waals surface area contributed by atoms with Gasteiger partial charge in [-0.15, -0.1) is 0 Å². The van der Waals surface area contributed by atoms with E-state index in [1.54, 1.807) is 0 Å². The summed E-state index contributed by atoms with van der Waals surface area (Å²) >= 11 is 0. The monoisotopic (exact) mass is 432 g/mol. The molecule has 3 saturated carbocycles. The molecule has 0 saturated heterocycles. The van der Waals surface area contributed by atoms with Gasteiger partial charge in [0.25, 0.3) is 0 Å². The summed E-state index contributed by atoms with van der Waals surface area (Å²) in [7, 11) is 0. The zero-order chi connectivity index (χ0) is 22.7. The first kappa shape index (κ1) is 23.8. The van der Waals surface area contributed by atoms with Gasteiger partial charge in [0.05, 0.1) is 18.3 Å². The maximum Gasteiger partial charge on any atom is 0.0659 e. The molecule has 0 aromatic rings. The van der Waals surface area contributed by atoms with E-state index in [9.17, 15) is 15.3 Å². The number of aliphatic hydroxyl groups is 3. The Labute approximate surface area is 190 Å². The minimum atomic E-state index is -0.553. The van der Waals surface area contributed by atoms with Crippen molar-refractivity contribution in [2.45, 2.75) is 111 Å². The third kappa shape index (κ3) is 3.75. The van der Waals surface area contributed by atoms with Gasteiger partial charge in [0, 0.05) is 11.8 Å². The van der Waals surface area contributed by atoms with E-state index < -0.39 is 12.2 Å². The van der Waals surface area contributed by atoms with Crippen LogP contribution in [-0.4, -0.2) is 33.6 Å². The molecule has 3 nitrogen and oxygen atoms in total. The zero-order valence-corrected chi connectivity index (χ0v) is 20.8. The molecule has 4 rings (SSSR count). The standard InChI is InChI=1S/C28H48O3/c1-16(2)17(3)7-8-18(4)22-11-12-23-21-10-9-19-13-20(29)14-25(31)28(19,6)26(21)24(30)15-27(22,23)5/h9,16-18,20-26,29-31H,7-8,10-15H2,1-6H3/t17?,18-,20-,21?,22-,23?,24-,25+,26?,27-,28-/m1/s1. The first-order valence-corrected chi connectivity index (χ1v) is 13.2. The highest BCUT2D eigenvalue weighted by Gasteiger charge is 2.63. The van der Waals surface area contributed by atoms with Crippen LogP contribution in [0.4, 0.5) is 0 Å². The van der Waals surface area contributed by atoms with E-state index in [0.29, 0.717) is 36.5 Å². The second-order valence-corrected chi connectivity index (χ2v) is 12.9. The van der Waals surface area contributed by atoms with Crippen LogP contribution in [0.1, 0.15) is 92.9 Å². The molecule has 178 valence electrons. The fraction of sp³-hybridized carbons (Fsp3) is 0.929. The van der Waals surface area contributed by atoms with Gasteiger partial charge in [-0.25, -0.2) is 0 Å². The number of aliphatic hydroxyl groups excluding tert-OH is 3. The van der Waals surface area contributed by atoms with Crippen molar-refractivity contribution in [1.82, 2.24) is 0 Å². The van der Waals surface area contributed by atoms with E-state index >= 15 is 0 Å². The Kier molecular flexibility index (Phi) is 6.47. The molecule has 11 atom stereocenters. The first-order chi connectivity index (χ1) is 14.5. The molecule has 0 aromatic carbocycles. The second-order valence-electron chi connectivity index (χ2n) is 12.9. The lowest BCUT2D eigenvalue weighted by Gasteiger charge is -2.61. The van der Waals surface area contributed by atoms with Gasteiger partial charge in [-0.05, 0) is 78.9 Å². The summed E-state index contributed by atoms with van der Waals surface area (Å²) in [5.41, 5.74) is 1.04. The molecule has 0 amide bonds. The topological polar surface area (TPSA) is 60.7 Å². The van der Waals surface area contributed by atoms with Gasteiger partial charge >= 0.3 is 0 Å². The number of allylic oxidation sites excluding steroid dienone is 1. The summed E-state index contributed by atoms with van der Waals surface area (Å²) in [6.07, 6.45) is 9.17. The van der Waals surface area contributed by atoms with Crippen LogP contribution in [-0.2, 0) is 0 Å². The van der Waals surface area contributed by atoms with Crippen LogP contribution in [0.2, 0.25) is 0 Å². The summed E-state index contributed by atoms with van der Waals surface area (Å²) in [6.45, 7) is 14.2. The molecule has 4 unspecified atom stereocenters. The Morgan fingerprint density at radius 1 is 1.03 bits per heavy atom. The molecule has 0 aromatic heterocycles. The fourth-order valence-electron chi connectivity index (χ4n) is 8.85. The van der Waals surface area contributed by atoms with Crippen LogP contribution < -0.4 is 0 Å². The first-order valence-electron chi connectivity index (χ1n) is 13.2. The summed E-state index contributed by atoms with van der Waals surface area (Å²) in [6, 6.07) is 0. The van der Waals surface area contributed by atoms with E-state index in [1.807, 2.05) is 0 Å². The fourth-order valence-corrected chi connectivity index (χ4v) is 8.85. The number of rotatable bonds is 5. The van der Waals surface area contributed by atoms with Crippen molar-refractivity contribution in [2.24, 2.45) is 52.3 Å². The highest BCUT2D eigenvalue weighted by molar-refractivity contribution is 5.28. The second kappa shape index (κ2) is 8.44. The minimum Gasteiger partial charge on any atom is -0.393 e. The van der Waals surface area contributed by atoms with Crippen molar-refractivity contribution in [3.63, 3.8) is 0 Å². The predicted octanol–water partition coefficient (Wildman–Crippen LogP) is 5.58. The Balaban J connectivity index is 1.56. The molecule has 0 heterocycles. The van der Waals surface area contributed by atoms with E-state index in [-0.39, 0.29) is 22.9 Å². The third-order valence-corrected chi connectivity index (χ3v) is 11.1. The van der Waals surface area contributed by atoms with Gasteiger partial charge in [-0.1, -0.05) is 66.0 Å². The largest absolute Gasteiger partial charge is 0.393 e. The van der Waals surface area contributed by atoms with Crippen LogP contribution in [0, 0.1) is 52.3 Å². The average molecular weight is 433 g/mol.